The number of hydrogen-bond donors (Lipinski definition) is 1. The molecule has 0 aromatic heterocycles. The summed E-state index contributed by atoms with van der Waals surface area (Å²) in [5.41, 5.74) is 3.32. The number of carbonyl (C=O) groups is 1. The van der Waals surface area contributed by atoms with Crippen LogP contribution >= 0.6 is 0 Å². The maximum Gasteiger partial charge on any atom is 0.339 e. The van der Waals surface area contributed by atoms with Gasteiger partial charge in [-0.25, -0.2) is 5.43 Å². The normalized spacial score (nSPS) is 11.1. The average Bonchev–Trinajstić information content (AvgIpc) is 2.85. The van der Waals surface area contributed by atoms with Crippen molar-refractivity contribution in [2.45, 2.75) is 11.8 Å². The van der Waals surface area contributed by atoms with Crippen LogP contribution in [-0.4, -0.2) is 41.4 Å². The summed E-state index contributed by atoms with van der Waals surface area (Å²) >= 11 is 0. The Bertz CT molecular complexity index is 1280. The molecule has 0 fully saturated rings. The molecular weight excluding hydrogens is 460 g/mol. The molecule has 0 saturated heterocycles. The second-order valence-corrected chi connectivity index (χ2v) is 8.30. The second-order valence-electron chi connectivity index (χ2n) is 6.76. The maximum absolute atomic E-state index is 12.5. The third-order valence-corrected chi connectivity index (χ3v) is 5.77. The van der Waals surface area contributed by atoms with E-state index in [4.69, 9.17) is 18.4 Å². The van der Waals surface area contributed by atoms with Gasteiger partial charge in [0.25, 0.3) is 5.91 Å². The zero-order valence-corrected chi connectivity index (χ0v) is 19.7. The number of rotatable bonds is 10. The van der Waals surface area contributed by atoms with E-state index in [1.54, 1.807) is 49.4 Å². The molecule has 0 spiro atoms. The van der Waals surface area contributed by atoms with Gasteiger partial charge in [-0.2, -0.15) is 13.5 Å². The summed E-state index contributed by atoms with van der Waals surface area (Å²) < 4.78 is 46.3. The van der Waals surface area contributed by atoms with Crippen molar-refractivity contribution < 1.29 is 31.6 Å². The van der Waals surface area contributed by atoms with Crippen LogP contribution in [0.1, 0.15) is 22.8 Å². The minimum Gasteiger partial charge on any atom is -0.493 e. The molecule has 9 nitrogen and oxygen atoms in total. The third kappa shape index (κ3) is 6.04. The molecule has 0 unspecified atom stereocenters. The molecular formula is C24H24N2O7S. The molecule has 0 atom stereocenters. The Morgan fingerprint density at radius 1 is 0.912 bits per heavy atom. The van der Waals surface area contributed by atoms with Gasteiger partial charge < -0.3 is 18.4 Å². The van der Waals surface area contributed by atoms with Gasteiger partial charge in [0, 0.05) is 5.56 Å². The summed E-state index contributed by atoms with van der Waals surface area (Å²) in [7, 11) is -1.04. The first-order chi connectivity index (χ1) is 16.4. The molecule has 0 aliphatic rings. The lowest BCUT2D eigenvalue weighted by atomic mass is 10.2. The zero-order valence-electron chi connectivity index (χ0n) is 18.8. The average molecular weight is 485 g/mol. The van der Waals surface area contributed by atoms with Crippen LogP contribution in [0.25, 0.3) is 0 Å². The molecule has 3 aromatic rings. The predicted molar refractivity (Wildman–Crippen MR) is 126 cm³/mol. The Labute approximate surface area is 198 Å². The minimum atomic E-state index is -4.03. The van der Waals surface area contributed by atoms with Crippen LogP contribution in [0.3, 0.4) is 0 Å². The van der Waals surface area contributed by atoms with Crippen molar-refractivity contribution in [3.63, 3.8) is 0 Å². The van der Waals surface area contributed by atoms with Crippen LogP contribution in [0.5, 0.6) is 23.0 Å². The predicted octanol–water partition coefficient (Wildman–Crippen LogP) is 3.63. The number of amides is 1. The Kier molecular flexibility index (Phi) is 8.10. The second kappa shape index (κ2) is 11.2. The maximum atomic E-state index is 12.5. The standard InChI is InChI=1S/C24H24N2O7S/c1-4-32-23-14-17(10-12-21(23)33-34(28,29)19-8-6-5-7-9-19)16-25-26-24(27)18-11-13-20(30-2)22(15-18)31-3/h5-16H,4H2,1-3H3,(H,26,27)/b25-16+. The first-order valence-corrected chi connectivity index (χ1v) is 11.6. The quantitative estimate of drug-likeness (QED) is 0.266. The van der Waals surface area contributed by atoms with Crippen molar-refractivity contribution in [2.75, 3.05) is 20.8 Å². The smallest absolute Gasteiger partial charge is 0.339 e. The Morgan fingerprint density at radius 2 is 1.62 bits per heavy atom. The number of benzene rings is 3. The van der Waals surface area contributed by atoms with Gasteiger partial charge in [-0.15, -0.1) is 0 Å². The van der Waals surface area contributed by atoms with Gasteiger partial charge in [-0.05, 0) is 61.0 Å². The van der Waals surface area contributed by atoms with Crippen molar-refractivity contribution >= 4 is 22.2 Å². The lowest BCUT2D eigenvalue weighted by Crippen LogP contribution is -2.17. The SMILES string of the molecule is CCOc1cc(/C=N/NC(=O)c2ccc(OC)c(OC)c2)ccc1OS(=O)(=O)c1ccccc1. The number of nitrogens with one attached hydrogen (secondary N) is 1. The molecule has 0 aliphatic heterocycles. The molecule has 0 aliphatic carbocycles. The molecule has 0 heterocycles. The highest BCUT2D eigenvalue weighted by atomic mass is 32.2. The fourth-order valence-corrected chi connectivity index (χ4v) is 3.86. The number of hydrazone groups is 1. The summed E-state index contributed by atoms with van der Waals surface area (Å²) in [4.78, 5) is 12.4. The summed E-state index contributed by atoms with van der Waals surface area (Å²) in [5, 5.41) is 3.96. The lowest BCUT2D eigenvalue weighted by molar-refractivity contribution is 0.0954. The van der Waals surface area contributed by atoms with Crippen LogP contribution in [0.2, 0.25) is 0 Å². The van der Waals surface area contributed by atoms with Gasteiger partial charge in [-0.3, -0.25) is 4.79 Å². The zero-order chi connectivity index (χ0) is 24.6. The van der Waals surface area contributed by atoms with E-state index in [-0.39, 0.29) is 16.4 Å². The summed E-state index contributed by atoms with van der Waals surface area (Å²) in [5.74, 6) is 0.731. The Balaban J connectivity index is 1.74. The van der Waals surface area contributed by atoms with Crippen LogP contribution in [-0.2, 0) is 10.1 Å². The number of carbonyl (C=O) groups excluding carboxylic acids is 1. The third-order valence-electron chi connectivity index (χ3n) is 4.52. The highest BCUT2D eigenvalue weighted by Crippen LogP contribution is 2.31. The molecule has 1 N–H and O–H groups in total. The van der Waals surface area contributed by atoms with Crippen LogP contribution < -0.4 is 23.8 Å². The monoisotopic (exact) mass is 484 g/mol. The fraction of sp³-hybridized carbons (Fsp3) is 0.167. The van der Waals surface area contributed by atoms with E-state index in [1.807, 2.05) is 0 Å². The van der Waals surface area contributed by atoms with E-state index in [9.17, 15) is 13.2 Å². The van der Waals surface area contributed by atoms with E-state index >= 15 is 0 Å². The van der Waals surface area contributed by atoms with Gasteiger partial charge in [0.15, 0.2) is 23.0 Å². The largest absolute Gasteiger partial charge is 0.493 e. The highest BCUT2D eigenvalue weighted by molar-refractivity contribution is 7.87. The van der Waals surface area contributed by atoms with Crippen LogP contribution in [0.15, 0.2) is 76.7 Å². The van der Waals surface area contributed by atoms with Gasteiger partial charge in [0.05, 0.1) is 27.0 Å². The van der Waals surface area contributed by atoms with Crippen molar-refractivity contribution in [3.05, 3.63) is 77.9 Å². The van der Waals surface area contributed by atoms with Crippen molar-refractivity contribution in [2.24, 2.45) is 5.10 Å². The van der Waals surface area contributed by atoms with Crippen LogP contribution in [0, 0.1) is 0 Å². The summed E-state index contributed by atoms with van der Waals surface area (Å²) in [6, 6.07) is 17.2. The van der Waals surface area contributed by atoms with Gasteiger partial charge >= 0.3 is 10.1 Å². The molecule has 34 heavy (non-hydrogen) atoms. The number of hydrogen-bond acceptors (Lipinski definition) is 8. The first-order valence-electron chi connectivity index (χ1n) is 10.2. The molecule has 0 radical (unpaired) electrons. The first kappa shape index (κ1) is 24.6. The highest BCUT2D eigenvalue weighted by Gasteiger charge is 2.19. The topological polar surface area (TPSA) is 113 Å². The van der Waals surface area contributed by atoms with E-state index in [0.29, 0.717) is 29.2 Å². The fourth-order valence-electron chi connectivity index (χ4n) is 2.90. The molecule has 0 bridgehead atoms. The Hall–Kier alpha value is -4.05. The van der Waals surface area contributed by atoms with Gasteiger partial charge in [0.1, 0.15) is 4.90 Å². The van der Waals surface area contributed by atoms with Gasteiger partial charge in [-0.1, -0.05) is 18.2 Å². The minimum absolute atomic E-state index is 0.0287. The molecule has 3 rings (SSSR count). The van der Waals surface area contributed by atoms with Crippen molar-refractivity contribution in [1.29, 1.82) is 0 Å². The van der Waals surface area contributed by atoms with E-state index in [2.05, 4.69) is 10.5 Å². The van der Waals surface area contributed by atoms with E-state index < -0.39 is 16.0 Å². The molecule has 178 valence electrons. The van der Waals surface area contributed by atoms with Crippen LogP contribution in [0.4, 0.5) is 0 Å². The van der Waals surface area contributed by atoms with Gasteiger partial charge in [0.2, 0.25) is 0 Å². The van der Waals surface area contributed by atoms with E-state index in [1.165, 1.54) is 44.7 Å². The lowest BCUT2D eigenvalue weighted by Gasteiger charge is -2.12. The number of ether oxygens (including phenoxy) is 3. The number of methoxy groups -OCH3 is 2. The molecule has 3 aromatic carbocycles. The Morgan fingerprint density at radius 3 is 2.29 bits per heavy atom. The van der Waals surface area contributed by atoms with Crippen molar-refractivity contribution in [3.8, 4) is 23.0 Å². The van der Waals surface area contributed by atoms with E-state index in [0.717, 1.165) is 0 Å². The number of nitrogens with zero attached hydrogens (tertiary/aromatic N) is 1. The van der Waals surface area contributed by atoms with Crippen molar-refractivity contribution in [1.82, 2.24) is 5.43 Å². The molecule has 10 heteroatoms. The molecule has 1 amide bonds. The summed E-state index contributed by atoms with van der Waals surface area (Å²) in [6.07, 6.45) is 1.40. The summed E-state index contributed by atoms with van der Waals surface area (Å²) in [6.45, 7) is 2.05. The molecule has 0 saturated carbocycles.